The second kappa shape index (κ2) is 10.2. The van der Waals surface area contributed by atoms with E-state index in [1.165, 1.54) is 31.4 Å². The van der Waals surface area contributed by atoms with Gasteiger partial charge in [0.05, 0.1) is 12.7 Å². The van der Waals surface area contributed by atoms with Crippen LogP contribution in [0.5, 0.6) is 11.5 Å². The van der Waals surface area contributed by atoms with Crippen LogP contribution in [-0.4, -0.2) is 38.0 Å². The van der Waals surface area contributed by atoms with Crippen LogP contribution in [0.25, 0.3) is 0 Å². The molecule has 29 heavy (non-hydrogen) atoms. The smallest absolute Gasteiger partial charge is 0.387 e. The zero-order chi connectivity index (χ0) is 21.4. The number of nitrogens with one attached hydrogen (secondary N) is 1. The minimum Gasteiger partial charge on any atom is -0.493 e. The molecule has 0 unspecified atom stereocenters. The highest BCUT2D eigenvalue weighted by Gasteiger charge is 2.16. The van der Waals surface area contributed by atoms with Crippen molar-refractivity contribution in [2.75, 3.05) is 19.0 Å². The van der Waals surface area contributed by atoms with Crippen molar-refractivity contribution in [2.24, 2.45) is 0 Å². The van der Waals surface area contributed by atoms with E-state index in [4.69, 9.17) is 9.47 Å². The molecule has 0 saturated carbocycles. The Morgan fingerprint density at radius 1 is 1.00 bits per heavy atom. The molecule has 0 atom stereocenters. The summed E-state index contributed by atoms with van der Waals surface area (Å²) in [7, 11) is 1.24. The topological polar surface area (TPSA) is 90.9 Å². The molecule has 0 radical (unpaired) electrons. The summed E-state index contributed by atoms with van der Waals surface area (Å²) in [5.74, 6) is -1.73. The Bertz CT molecular complexity index is 883. The van der Waals surface area contributed by atoms with Gasteiger partial charge in [-0.1, -0.05) is 6.92 Å². The zero-order valence-electron chi connectivity index (χ0n) is 15.7. The number of methoxy groups -OCH3 is 1. The molecule has 2 aromatic carbocycles. The fraction of sp³-hybridized carbons (Fsp3) is 0.250. The van der Waals surface area contributed by atoms with Crippen molar-refractivity contribution in [3.63, 3.8) is 0 Å². The van der Waals surface area contributed by atoms with Crippen LogP contribution < -0.4 is 14.8 Å². The Morgan fingerprint density at radius 2 is 1.66 bits per heavy atom. The fourth-order valence-electron chi connectivity index (χ4n) is 2.27. The Kier molecular flexibility index (Phi) is 7.64. The Morgan fingerprint density at radius 3 is 2.24 bits per heavy atom. The van der Waals surface area contributed by atoms with Crippen molar-refractivity contribution in [1.29, 1.82) is 0 Å². The van der Waals surface area contributed by atoms with Gasteiger partial charge in [0.1, 0.15) is 0 Å². The third-order valence-corrected chi connectivity index (χ3v) is 3.76. The molecule has 1 N–H and O–H groups in total. The van der Waals surface area contributed by atoms with Gasteiger partial charge in [0.25, 0.3) is 0 Å². The van der Waals surface area contributed by atoms with E-state index in [2.05, 4.69) is 10.1 Å². The summed E-state index contributed by atoms with van der Waals surface area (Å²) in [6.07, 6.45) is 0.330. The number of halogens is 2. The maximum absolute atomic E-state index is 12.3. The molecule has 0 aliphatic carbocycles. The molecule has 0 saturated heterocycles. The average Bonchev–Trinajstić information content (AvgIpc) is 2.72. The first-order valence-electron chi connectivity index (χ1n) is 8.57. The van der Waals surface area contributed by atoms with E-state index < -0.39 is 25.0 Å². The first kappa shape index (κ1) is 21.8. The molecule has 9 heteroatoms. The number of carbonyl (C=O) groups is 3. The van der Waals surface area contributed by atoms with Gasteiger partial charge in [-0.25, -0.2) is 4.79 Å². The second-order valence-electron chi connectivity index (χ2n) is 5.72. The molecule has 0 fully saturated rings. The molecule has 154 valence electrons. The highest BCUT2D eigenvalue weighted by molar-refractivity contribution is 6.00. The largest absolute Gasteiger partial charge is 0.493 e. The average molecular weight is 407 g/mol. The third-order valence-electron chi connectivity index (χ3n) is 3.76. The maximum atomic E-state index is 12.3. The lowest BCUT2D eigenvalue weighted by Crippen LogP contribution is -2.15. The summed E-state index contributed by atoms with van der Waals surface area (Å²) in [5, 5.41) is 2.65. The van der Waals surface area contributed by atoms with E-state index in [1.54, 1.807) is 19.1 Å². The van der Waals surface area contributed by atoms with Crippen molar-refractivity contribution in [1.82, 2.24) is 0 Å². The number of hydrogen-bond acceptors (Lipinski definition) is 6. The first-order valence-corrected chi connectivity index (χ1v) is 8.57. The van der Waals surface area contributed by atoms with Gasteiger partial charge < -0.3 is 19.5 Å². The predicted octanol–water partition coefficient (Wildman–Crippen LogP) is 3.68. The number of hydrogen-bond donors (Lipinski definition) is 1. The van der Waals surface area contributed by atoms with Crippen LogP contribution in [0.3, 0.4) is 0 Å². The molecule has 0 spiro atoms. The quantitative estimate of drug-likeness (QED) is 0.504. The van der Waals surface area contributed by atoms with Gasteiger partial charge in [0.15, 0.2) is 23.9 Å². The fourth-order valence-corrected chi connectivity index (χ4v) is 2.27. The third kappa shape index (κ3) is 6.27. The number of amides is 1. The van der Waals surface area contributed by atoms with Gasteiger partial charge >= 0.3 is 12.6 Å². The summed E-state index contributed by atoms with van der Waals surface area (Å²) in [6.45, 7) is -1.84. The van der Waals surface area contributed by atoms with E-state index in [0.29, 0.717) is 17.7 Å². The first-order chi connectivity index (χ1) is 13.8. The van der Waals surface area contributed by atoms with E-state index in [-0.39, 0.29) is 23.0 Å². The molecule has 0 aliphatic rings. The van der Waals surface area contributed by atoms with Crippen LogP contribution >= 0.6 is 0 Å². The summed E-state index contributed by atoms with van der Waals surface area (Å²) in [6, 6.07) is 9.67. The Hall–Kier alpha value is -3.49. The van der Waals surface area contributed by atoms with E-state index >= 15 is 0 Å². The van der Waals surface area contributed by atoms with Crippen molar-refractivity contribution in [2.45, 2.75) is 20.0 Å². The summed E-state index contributed by atoms with van der Waals surface area (Å²) in [5.41, 5.74) is 0.850. The minimum atomic E-state index is -3.04. The number of rotatable bonds is 9. The molecular weight excluding hydrogens is 388 g/mol. The lowest BCUT2D eigenvalue weighted by molar-refractivity contribution is -0.115. The SMILES string of the molecule is CCC(=O)Nc1ccc(C(=O)COC(=O)c2ccc(OC(F)F)c(OC)c2)cc1. The minimum absolute atomic E-state index is 0.00823. The standard InChI is InChI=1S/C20H19F2NO6/c1-3-18(25)23-14-7-4-12(5-8-14)15(24)11-28-19(26)13-6-9-16(29-20(21)22)17(10-13)27-2/h4-10,20H,3,11H2,1-2H3,(H,23,25). The van der Waals surface area contributed by atoms with Crippen molar-refractivity contribution < 1.29 is 37.4 Å². The second-order valence-corrected chi connectivity index (χ2v) is 5.72. The van der Waals surface area contributed by atoms with E-state index in [0.717, 1.165) is 6.07 Å². The van der Waals surface area contributed by atoms with Crippen molar-refractivity contribution in [3.05, 3.63) is 53.6 Å². The van der Waals surface area contributed by atoms with Gasteiger partial charge in [-0.15, -0.1) is 0 Å². The van der Waals surface area contributed by atoms with E-state index in [9.17, 15) is 23.2 Å². The molecule has 2 aromatic rings. The van der Waals surface area contributed by atoms with Crippen LogP contribution in [0.2, 0.25) is 0 Å². The van der Waals surface area contributed by atoms with Crippen LogP contribution in [0, 0.1) is 0 Å². The number of ether oxygens (including phenoxy) is 3. The molecule has 0 aromatic heterocycles. The Labute approximate surface area is 165 Å². The van der Waals surface area contributed by atoms with Gasteiger partial charge in [0, 0.05) is 17.7 Å². The number of benzene rings is 2. The molecule has 7 nitrogen and oxygen atoms in total. The highest BCUT2D eigenvalue weighted by atomic mass is 19.3. The van der Waals surface area contributed by atoms with Crippen LogP contribution in [0.15, 0.2) is 42.5 Å². The lowest BCUT2D eigenvalue weighted by atomic mass is 10.1. The van der Waals surface area contributed by atoms with Gasteiger partial charge in [-0.3, -0.25) is 9.59 Å². The van der Waals surface area contributed by atoms with Gasteiger partial charge in [0.2, 0.25) is 5.91 Å². The van der Waals surface area contributed by atoms with E-state index in [1.807, 2.05) is 0 Å². The summed E-state index contributed by atoms with van der Waals surface area (Å²) >= 11 is 0. The number of Topliss-reactive ketones (excluding diaryl/α,β-unsaturated/α-hetero) is 1. The van der Waals surface area contributed by atoms with Gasteiger partial charge in [-0.05, 0) is 42.5 Å². The van der Waals surface area contributed by atoms with Crippen LogP contribution in [-0.2, 0) is 9.53 Å². The van der Waals surface area contributed by atoms with Crippen LogP contribution in [0.4, 0.5) is 14.5 Å². The van der Waals surface area contributed by atoms with Gasteiger partial charge in [-0.2, -0.15) is 8.78 Å². The molecule has 0 heterocycles. The number of alkyl halides is 2. The number of carbonyl (C=O) groups excluding carboxylic acids is 3. The zero-order valence-corrected chi connectivity index (χ0v) is 15.7. The summed E-state index contributed by atoms with van der Waals surface area (Å²) < 4.78 is 38.9. The predicted molar refractivity (Wildman–Crippen MR) is 99.6 cm³/mol. The molecule has 2 rings (SSSR count). The molecule has 0 bridgehead atoms. The lowest BCUT2D eigenvalue weighted by Gasteiger charge is -2.11. The molecular formula is C20H19F2NO6. The monoisotopic (exact) mass is 407 g/mol. The molecule has 1 amide bonds. The van der Waals surface area contributed by atoms with Crippen molar-refractivity contribution >= 4 is 23.3 Å². The normalized spacial score (nSPS) is 10.4. The Balaban J connectivity index is 1.97. The maximum Gasteiger partial charge on any atom is 0.387 e. The molecule has 0 aliphatic heterocycles. The summed E-state index contributed by atoms with van der Waals surface area (Å²) in [4.78, 5) is 35.6. The number of anilines is 1. The number of esters is 1. The van der Waals surface area contributed by atoms with Crippen LogP contribution in [0.1, 0.15) is 34.1 Å². The highest BCUT2D eigenvalue weighted by Crippen LogP contribution is 2.29. The number of ketones is 1. The van der Waals surface area contributed by atoms with Crippen molar-refractivity contribution in [3.8, 4) is 11.5 Å².